The fraction of sp³-hybridized carbons (Fsp3) is 0.556. The molecule has 28 heavy (non-hydrogen) atoms. The van der Waals surface area contributed by atoms with E-state index in [9.17, 15) is 28.5 Å². The number of ether oxygens (including phenoxy) is 1. The first-order valence-corrected chi connectivity index (χ1v) is 11.9. The molecular weight excluding hydrogens is 449 g/mol. The Morgan fingerprint density at radius 1 is 1.32 bits per heavy atom. The highest BCUT2D eigenvalue weighted by molar-refractivity contribution is 7.70. The summed E-state index contributed by atoms with van der Waals surface area (Å²) in [6, 6.07) is 1.31. The van der Waals surface area contributed by atoms with Gasteiger partial charge in [0, 0.05) is 12.6 Å². The van der Waals surface area contributed by atoms with Gasteiger partial charge < -0.3 is 35.2 Å². The van der Waals surface area contributed by atoms with E-state index in [1.807, 2.05) is 0 Å². The zero-order valence-corrected chi connectivity index (χ0v) is 16.4. The van der Waals surface area contributed by atoms with Gasteiger partial charge in [0.25, 0.3) is 0 Å². The van der Waals surface area contributed by atoms with Gasteiger partial charge >= 0.3 is 29.0 Å². The number of phosphoric ester groups is 1. The Morgan fingerprint density at radius 2 is 1.96 bits per heavy atom. The van der Waals surface area contributed by atoms with Crippen LogP contribution in [0.4, 0.5) is 5.82 Å². The first-order chi connectivity index (χ1) is 12.7. The summed E-state index contributed by atoms with van der Waals surface area (Å²) in [6.07, 6.45) is -2.35. The number of phosphoric acid groups is 1. The van der Waals surface area contributed by atoms with Crippen molar-refractivity contribution in [2.24, 2.45) is 0 Å². The molecule has 0 radical (unpaired) electrons. The maximum atomic E-state index is 11.8. The number of rotatable bonds is 8. The SMILES string of the molecule is Nc1ccn([C@H]2C[C@H](O)[C@@H](COP(=O)(O)OP(=O)(O)NP(=O)(O)O)O2)c(=O)n1. The summed E-state index contributed by atoms with van der Waals surface area (Å²) in [5.74, 6) is -0.0320. The van der Waals surface area contributed by atoms with Crippen molar-refractivity contribution in [3.05, 3.63) is 22.7 Å². The van der Waals surface area contributed by atoms with E-state index in [-0.39, 0.29) is 12.2 Å². The standard InChI is InChI=1S/C9H17N4O12P3/c10-7-1-2-13(9(15)11-7)8-3-5(14)6(24-8)4-23-28(21,22)25-27(19,20)12-26(16,17)18/h1-2,5-6,8,14H,3-4H2,(H,21,22)(H2,10,11,15)(H4,12,16,17,18,19,20)/t5-,6+,8+/m0/s1. The van der Waals surface area contributed by atoms with Crippen LogP contribution in [0.3, 0.4) is 0 Å². The minimum Gasteiger partial charge on any atom is -0.390 e. The van der Waals surface area contributed by atoms with Crippen molar-refractivity contribution >= 4 is 29.1 Å². The number of nitrogens with two attached hydrogens (primary N) is 1. The second-order valence-electron chi connectivity index (χ2n) is 5.48. The Hall–Kier alpha value is -0.990. The Bertz CT molecular complexity index is 916. The maximum Gasteiger partial charge on any atom is 0.480 e. The van der Waals surface area contributed by atoms with Gasteiger partial charge in [-0.25, -0.2) is 18.5 Å². The Morgan fingerprint density at radius 3 is 2.54 bits per heavy atom. The Labute approximate surface area is 156 Å². The van der Waals surface area contributed by atoms with E-state index < -0.39 is 54.0 Å². The number of hydrogen-bond acceptors (Lipinski definition) is 10. The summed E-state index contributed by atoms with van der Waals surface area (Å²) in [5, 5.41) is 9.95. The lowest BCUT2D eigenvalue weighted by atomic mass is 10.2. The molecule has 0 aromatic carbocycles. The summed E-state index contributed by atoms with van der Waals surface area (Å²) in [7, 11) is -16.0. The average Bonchev–Trinajstić information content (AvgIpc) is 2.82. The van der Waals surface area contributed by atoms with Crippen LogP contribution in [-0.4, -0.2) is 53.0 Å². The molecule has 0 bridgehead atoms. The molecule has 1 aromatic rings. The quantitative estimate of drug-likeness (QED) is 0.213. The first kappa shape index (κ1) is 23.3. The highest BCUT2D eigenvalue weighted by Gasteiger charge is 2.41. The molecule has 1 aliphatic heterocycles. The van der Waals surface area contributed by atoms with Crippen LogP contribution in [0.25, 0.3) is 0 Å². The third-order valence-corrected chi connectivity index (χ3v) is 7.48. The first-order valence-electron chi connectivity index (χ1n) is 7.22. The van der Waals surface area contributed by atoms with Gasteiger partial charge in [-0.2, -0.15) is 9.29 Å². The van der Waals surface area contributed by atoms with Crippen molar-refractivity contribution < 1.29 is 51.9 Å². The monoisotopic (exact) mass is 466 g/mol. The third-order valence-electron chi connectivity index (χ3n) is 3.24. The predicted molar refractivity (Wildman–Crippen MR) is 89.3 cm³/mol. The van der Waals surface area contributed by atoms with Gasteiger partial charge in [-0.1, -0.05) is 0 Å². The Kier molecular flexibility index (Phi) is 6.99. The summed E-state index contributed by atoms with van der Waals surface area (Å²) in [6.45, 7) is -0.821. The van der Waals surface area contributed by atoms with E-state index in [4.69, 9.17) is 25.2 Å². The second-order valence-corrected chi connectivity index (χ2v) is 10.3. The minimum absolute atomic E-state index is 0.0320. The van der Waals surface area contributed by atoms with Crippen molar-refractivity contribution in [3.8, 4) is 0 Å². The molecule has 2 rings (SSSR count). The number of hydrogen-bond donors (Lipinski definition) is 7. The maximum absolute atomic E-state index is 11.8. The van der Waals surface area contributed by atoms with Gasteiger partial charge in [0.05, 0.1) is 12.7 Å². The van der Waals surface area contributed by atoms with Crippen molar-refractivity contribution in [2.45, 2.75) is 24.9 Å². The van der Waals surface area contributed by atoms with E-state index >= 15 is 0 Å². The molecule has 2 unspecified atom stereocenters. The van der Waals surface area contributed by atoms with Crippen molar-refractivity contribution in [2.75, 3.05) is 12.3 Å². The van der Waals surface area contributed by atoms with Gasteiger partial charge in [0.15, 0.2) is 0 Å². The van der Waals surface area contributed by atoms with Crippen LogP contribution in [0.2, 0.25) is 0 Å². The second kappa shape index (κ2) is 8.40. The van der Waals surface area contributed by atoms with Crippen LogP contribution in [0.1, 0.15) is 12.6 Å². The van der Waals surface area contributed by atoms with E-state index in [0.717, 1.165) is 9.42 Å². The summed E-state index contributed by atoms with van der Waals surface area (Å²) in [4.78, 5) is 51.8. The van der Waals surface area contributed by atoms with E-state index in [2.05, 4.69) is 13.8 Å². The predicted octanol–water partition coefficient (Wildman–Crippen LogP) is -1.61. The van der Waals surface area contributed by atoms with E-state index in [0.29, 0.717) is 0 Å². The number of nitrogens with one attached hydrogen (secondary N) is 1. The highest BCUT2D eigenvalue weighted by atomic mass is 31.3. The third kappa shape index (κ3) is 6.81. The Balaban J connectivity index is 1.98. The molecule has 0 amide bonds. The molecule has 2 heterocycles. The molecule has 1 fully saturated rings. The smallest absolute Gasteiger partial charge is 0.390 e. The lowest BCUT2D eigenvalue weighted by Gasteiger charge is -2.20. The molecule has 1 aromatic heterocycles. The number of aliphatic hydroxyl groups is 1. The van der Waals surface area contributed by atoms with Crippen LogP contribution >= 0.6 is 23.3 Å². The molecule has 0 aliphatic carbocycles. The van der Waals surface area contributed by atoms with Crippen LogP contribution < -0.4 is 16.3 Å². The summed E-state index contributed by atoms with van der Waals surface area (Å²) >= 11 is 0. The molecule has 8 N–H and O–H groups in total. The molecule has 5 atom stereocenters. The van der Waals surface area contributed by atoms with Crippen LogP contribution in [-0.2, 0) is 27.3 Å². The summed E-state index contributed by atoms with van der Waals surface area (Å²) in [5.41, 5.74) is 4.60. The zero-order chi connectivity index (χ0) is 21.3. The largest absolute Gasteiger partial charge is 0.480 e. The number of aromatic nitrogens is 2. The van der Waals surface area contributed by atoms with Crippen molar-refractivity contribution in [1.29, 1.82) is 0 Å². The van der Waals surface area contributed by atoms with Crippen molar-refractivity contribution in [1.82, 2.24) is 14.4 Å². The lowest BCUT2D eigenvalue weighted by molar-refractivity contribution is -0.0447. The molecule has 19 heteroatoms. The molecule has 0 saturated carbocycles. The molecule has 16 nitrogen and oxygen atoms in total. The van der Waals surface area contributed by atoms with Crippen molar-refractivity contribution in [3.63, 3.8) is 0 Å². The fourth-order valence-electron chi connectivity index (χ4n) is 2.19. The zero-order valence-electron chi connectivity index (χ0n) is 13.7. The van der Waals surface area contributed by atoms with E-state index in [1.54, 1.807) is 0 Å². The van der Waals surface area contributed by atoms with E-state index in [1.165, 1.54) is 12.3 Å². The number of nitrogens with zero attached hydrogens (tertiary/aromatic N) is 2. The molecular formula is C9H17N4O12P3. The number of nitrogen functional groups attached to an aromatic ring is 1. The van der Waals surface area contributed by atoms with Gasteiger partial charge in [0.1, 0.15) is 18.1 Å². The molecule has 0 spiro atoms. The van der Waals surface area contributed by atoms with Gasteiger partial charge in [0.2, 0.25) is 0 Å². The van der Waals surface area contributed by atoms with Gasteiger partial charge in [-0.3, -0.25) is 9.09 Å². The van der Waals surface area contributed by atoms with Gasteiger partial charge in [-0.05, 0) is 6.07 Å². The van der Waals surface area contributed by atoms with Gasteiger partial charge in [-0.15, -0.1) is 4.86 Å². The normalized spacial score (nSPS) is 27.2. The lowest BCUT2D eigenvalue weighted by Crippen LogP contribution is -2.28. The van der Waals surface area contributed by atoms with Crippen LogP contribution in [0.15, 0.2) is 17.1 Å². The molecule has 160 valence electrons. The fourth-order valence-corrected chi connectivity index (χ4v) is 5.63. The van der Waals surface area contributed by atoms with Crippen LogP contribution in [0, 0.1) is 0 Å². The minimum atomic E-state index is -5.40. The van der Waals surface area contributed by atoms with Crippen LogP contribution in [0.5, 0.6) is 0 Å². The number of aliphatic hydroxyl groups excluding tert-OH is 1. The molecule has 1 saturated heterocycles. The average molecular weight is 466 g/mol. The number of anilines is 1. The summed E-state index contributed by atoms with van der Waals surface area (Å²) < 4.78 is 48.3. The molecule has 1 aliphatic rings. The topological polar surface area (TPSA) is 253 Å². The highest BCUT2D eigenvalue weighted by Crippen LogP contribution is 2.61.